The molecule has 1 aliphatic rings. The Balaban J connectivity index is 1.50. The van der Waals surface area contributed by atoms with Gasteiger partial charge in [-0.15, -0.1) is 0 Å². The van der Waals surface area contributed by atoms with E-state index in [1.165, 1.54) is 11.1 Å². The lowest BCUT2D eigenvalue weighted by atomic mass is 9.84. The number of aliphatic imine (C=N–C) groups is 1. The van der Waals surface area contributed by atoms with Crippen LogP contribution in [-0.2, 0) is 5.41 Å². The fourth-order valence-electron chi connectivity index (χ4n) is 3.74. The number of piperidine rings is 1. The van der Waals surface area contributed by atoms with Crippen LogP contribution in [-0.4, -0.2) is 50.8 Å². The van der Waals surface area contributed by atoms with Crippen LogP contribution in [0.4, 0.5) is 5.82 Å². The fraction of sp³-hybridized carbons (Fsp3) is 0.500. The summed E-state index contributed by atoms with van der Waals surface area (Å²) in [5.74, 6) is 2.82. The number of hydrogen-bond donors (Lipinski definition) is 2. The number of aryl methyl sites for hydroxylation is 1. The van der Waals surface area contributed by atoms with Gasteiger partial charge >= 0.3 is 0 Å². The number of nitrogens with one attached hydrogen (secondary N) is 2. The van der Waals surface area contributed by atoms with Crippen molar-refractivity contribution in [2.24, 2.45) is 4.99 Å². The number of pyridine rings is 1. The molecule has 1 aromatic carbocycles. The Morgan fingerprint density at radius 2 is 2.00 bits per heavy atom. The van der Waals surface area contributed by atoms with E-state index < -0.39 is 0 Å². The third kappa shape index (κ3) is 5.65. The van der Waals surface area contributed by atoms with Gasteiger partial charge in [0, 0.05) is 44.3 Å². The number of rotatable bonds is 6. The quantitative estimate of drug-likeness (QED) is 0.565. The second-order valence-electron chi connectivity index (χ2n) is 8.64. The van der Waals surface area contributed by atoms with Gasteiger partial charge in [-0.05, 0) is 49.1 Å². The predicted molar refractivity (Wildman–Crippen MR) is 125 cm³/mol. The van der Waals surface area contributed by atoms with Gasteiger partial charge in [-0.3, -0.25) is 4.99 Å². The Labute approximate surface area is 180 Å². The largest absolute Gasteiger partial charge is 0.497 e. The molecule has 30 heavy (non-hydrogen) atoms. The minimum atomic E-state index is -0.0490. The van der Waals surface area contributed by atoms with Crippen molar-refractivity contribution in [2.75, 3.05) is 38.7 Å². The third-order valence-electron chi connectivity index (χ3n) is 5.83. The lowest BCUT2D eigenvalue weighted by molar-refractivity contribution is 0.411. The Hall–Kier alpha value is -2.76. The fourth-order valence-corrected chi connectivity index (χ4v) is 3.74. The van der Waals surface area contributed by atoms with E-state index in [2.05, 4.69) is 70.5 Å². The van der Waals surface area contributed by atoms with E-state index in [0.717, 1.165) is 50.0 Å². The lowest BCUT2D eigenvalue weighted by Gasteiger charge is -2.34. The zero-order chi connectivity index (χ0) is 21.6. The molecule has 6 nitrogen and oxygen atoms in total. The summed E-state index contributed by atoms with van der Waals surface area (Å²) in [6.07, 6.45) is 4.07. The summed E-state index contributed by atoms with van der Waals surface area (Å²) in [6.45, 7) is 9.32. The van der Waals surface area contributed by atoms with Gasteiger partial charge in [0.05, 0.1) is 7.11 Å². The number of benzene rings is 1. The molecular formula is C24H35N5O. The van der Waals surface area contributed by atoms with Crippen molar-refractivity contribution in [3.63, 3.8) is 0 Å². The van der Waals surface area contributed by atoms with Crippen LogP contribution in [0.15, 0.2) is 47.6 Å². The molecule has 0 bridgehead atoms. The Kier molecular flexibility index (Phi) is 7.19. The molecule has 2 heterocycles. The van der Waals surface area contributed by atoms with E-state index >= 15 is 0 Å². The summed E-state index contributed by atoms with van der Waals surface area (Å²) in [5.41, 5.74) is 2.39. The summed E-state index contributed by atoms with van der Waals surface area (Å²) < 4.78 is 5.38. The number of methoxy groups -OCH3 is 1. The van der Waals surface area contributed by atoms with Crippen molar-refractivity contribution >= 4 is 11.8 Å². The van der Waals surface area contributed by atoms with Crippen molar-refractivity contribution in [3.8, 4) is 5.75 Å². The van der Waals surface area contributed by atoms with Gasteiger partial charge in [-0.2, -0.15) is 0 Å². The zero-order valence-electron chi connectivity index (χ0n) is 18.9. The van der Waals surface area contributed by atoms with Crippen molar-refractivity contribution in [1.29, 1.82) is 0 Å². The maximum Gasteiger partial charge on any atom is 0.191 e. The summed E-state index contributed by atoms with van der Waals surface area (Å²) in [4.78, 5) is 11.4. The van der Waals surface area contributed by atoms with Crippen LogP contribution in [0, 0.1) is 6.92 Å². The van der Waals surface area contributed by atoms with Gasteiger partial charge in [-0.1, -0.05) is 32.0 Å². The molecule has 0 aliphatic carbocycles. The first kappa shape index (κ1) is 21.9. The Morgan fingerprint density at radius 3 is 2.63 bits per heavy atom. The number of nitrogens with zero attached hydrogens (tertiary/aromatic N) is 3. The molecule has 6 heteroatoms. The van der Waals surface area contributed by atoms with Gasteiger partial charge in [0.2, 0.25) is 0 Å². The smallest absolute Gasteiger partial charge is 0.191 e. The minimum Gasteiger partial charge on any atom is -0.497 e. The van der Waals surface area contributed by atoms with Gasteiger partial charge in [0.25, 0.3) is 0 Å². The molecule has 1 fully saturated rings. The van der Waals surface area contributed by atoms with Crippen LogP contribution < -0.4 is 20.3 Å². The summed E-state index contributed by atoms with van der Waals surface area (Å²) in [6, 6.07) is 12.9. The van der Waals surface area contributed by atoms with Crippen molar-refractivity contribution in [1.82, 2.24) is 15.6 Å². The van der Waals surface area contributed by atoms with Gasteiger partial charge in [0.15, 0.2) is 5.96 Å². The molecule has 1 saturated heterocycles. The average Bonchev–Trinajstić information content (AvgIpc) is 2.77. The van der Waals surface area contributed by atoms with E-state index in [-0.39, 0.29) is 5.41 Å². The molecule has 0 radical (unpaired) electrons. The van der Waals surface area contributed by atoms with Crippen LogP contribution in [0.3, 0.4) is 0 Å². The summed E-state index contributed by atoms with van der Waals surface area (Å²) in [7, 11) is 3.54. The van der Waals surface area contributed by atoms with Crippen LogP contribution in [0.2, 0.25) is 0 Å². The van der Waals surface area contributed by atoms with Gasteiger partial charge < -0.3 is 20.3 Å². The second kappa shape index (κ2) is 9.83. The summed E-state index contributed by atoms with van der Waals surface area (Å²) in [5, 5.41) is 7.11. The molecule has 0 spiro atoms. The third-order valence-corrected chi connectivity index (χ3v) is 5.83. The van der Waals surface area contributed by atoms with Gasteiger partial charge in [0.1, 0.15) is 11.6 Å². The van der Waals surface area contributed by atoms with E-state index in [1.54, 1.807) is 7.11 Å². The molecule has 0 unspecified atom stereocenters. The van der Waals surface area contributed by atoms with E-state index in [9.17, 15) is 0 Å². The maximum absolute atomic E-state index is 5.38. The highest BCUT2D eigenvalue weighted by Crippen LogP contribution is 2.25. The second-order valence-corrected chi connectivity index (χ2v) is 8.64. The first-order chi connectivity index (χ1) is 14.4. The lowest BCUT2D eigenvalue weighted by Crippen LogP contribution is -2.50. The van der Waals surface area contributed by atoms with Gasteiger partial charge in [-0.25, -0.2) is 4.98 Å². The monoisotopic (exact) mass is 409 g/mol. The molecule has 0 amide bonds. The number of guanidine groups is 1. The SMILES string of the molecule is CN=C(NCC(C)(C)c1cccc(OC)c1)NC1CCN(c2ccc(C)cn2)CC1. The van der Waals surface area contributed by atoms with Crippen molar-refractivity contribution in [2.45, 2.75) is 45.1 Å². The molecule has 1 aromatic heterocycles. The Morgan fingerprint density at radius 1 is 1.23 bits per heavy atom. The summed E-state index contributed by atoms with van der Waals surface area (Å²) >= 11 is 0. The number of aromatic nitrogens is 1. The standard InChI is InChI=1S/C24H35N5O/c1-18-9-10-22(26-16-18)29-13-11-20(12-14-29)28-23(25-4)27-17-24(2,3)19-7-6-8-21(15-19)30-5/h6-10,15-16,20H,11-14,17H2,1-5H3,(H2,25,27,28). The molecule has 162 valence electrons. The maximum atomic E-state index is 5.38. The first-order valence-corrected chi connectivity index (χ1v) is 10.7. The molecular weight excluding hydrogens is 374 g/mol. The van der Waals surface area contributed by atoms with E-state index in [1.807, 2.05) is 25.4 Å². The molecule has 1 aliphatic heterocycles. The molecule has 3 rings (SSSR count). The molecule has 0 saturated carbocycles. The van der Waals surface area contributed by atoms with E-state index in [4.69, 9.17) is 4.74 Å². The van der Waals surface area contributed by atoms with Crippen LogP contribution in [0.25, 0.3) is 0 Å². The highest BCUT2D eigenvalue weighted by atomic mass is 16.5. The van der Waals surface area contributed by atoms with Crippen LogP contribution >= 0.6 is 0 Å². The molecule has 0 atom stereocenters. The van der Waals surface area contributed by atoms with Crippen molar-refractivity contribution < 1.29 is 4.74 Å². The molecule has 2 aromatic rings. The number of ether oxygens (including phenoxy) is 1. The highest BCUT2D eigenvalue weighted by Gasteiger charge is 2.24. The zero-order valence-corrected chi connectivity index (χ0v) is 18.9. The predicted octanol–water partition coefficient (Wildman–Crippen LogP) is 3.51. The molecule has 2 N–H and O–H groups in total. The minimum absolute atomic E-state index is 0.0490. The van der Waals surface area contributed by atoms with E-state index in [0.29, 0.717) is 6.04 Å². The van der Waals surface area contributed by atoms with Crippen molar-refractivity contribution in [3.05, 3.63) is 53.7 Å². The normalized spacial score (nSPS) is 15.8. The number of anilines is 1. The highest BCUT2D eigenvalue weighted by molar-refractivity contribution is 5.80. The number of hydrogen-bond acceptors (Lipinski definition) is 4. The average molecular weight is 410 g/mol. The Bertz CT molecular complexity index is 839. The topological polar surface area (TPSA) is 61.8 Å². The van der Waals surface area contributed by atoms with Crippen LogP contribution in [0.5, 0.6) is 5.75 Å². The van der Waals surface area contributed by atoms with Crippen LogP contribution in [0.1, 0.15) is 37.8 Å². The first-order valence-electron chi connectivity index (χ1n) is 10.7.